The summed E-state index contributed by atoms with van der Waals surface area (Å²) in [7, 11) is -5.68. The molecule has 4 nitrogen and oxygen atoms in total. The zero-order valence-electron chi connectivity index (χ0n) is 16.3. The Hall–Kier alpha value is -1.08. The van der Waals surface area contributed by atoms with E-state index in [4.69, 9.17) is 2.46 Å². The molecule has 0 N–H and O–H groups in total. The van der Waals surface area contributed by atoms with E-state index in [1.165, 1.54) is 19.3 Å². The van der Waals surface area contributed by atoms with Gasteiger partial charge in [-0.05, 0) is 0 Å². The van der Waals surface area contributed by atoms with Crippen molar-refractivity contribution in [3.8, 4) is 0 Å². The van der Waals surface area contributed by atoms with Crippen molar-refractivity contribution < 1.29 is 24.1 Å². The number of hydrogen-bond acceptors (Lipinski definition) is 4. The average molecular weight is 548 g/mol. The topological polar surface area (TPSA) is 46.6 Å². The number of hydrogen-bond donors (Lipinski definition) is 0. The predicted octanol–water partition coefficient (Wildman–Crippen LogP) is 3.31. The van der Waals surface area contributed by atoms with Gasteiger partial charge in [-0.15, -0.1) is 0 Å². The molecule has 0 aromatic heterocycles. The van der Waals surface area contributed by atoms with Crippen LogP contribution in [0.4, 0.5) is 13.2 Å². The molecule has 0 atom stereocenters. The van der Waals surface area contributed by atoms with E-state index < -0.39 is 36.3 Å². The fourth-order valence-electron chi connectivity index (χ4n) is 4.23. The predicted molar refractivity (Wildman–Crippen MR) is 110 cm³/mol. The molecule has 1 heterocycles. The van der Waals surface area contributed by atoms with Gasteiger partial charge in [-0.1, -0.05) is 0 Å². The molecule has 2 aliphatic rings. The van der Waals surface area contributed by atoms with Gasteiger partial charge >= 0.3 is 183 Å². The van der Waals surface area contributed by atoms with Gasteiger partial charge in [0.1, 0.15) is 0 Å². The van der Waals surface area contributed by atoms with E-state index in [0.717, 1.165) is 24.0 Å². The Morgan fingerprint density at radius 1 is 0.867 bits per heavy atom. The van der Waals surface area contributed by atoms with Gasteiger partial charge in [0.2, 0.25) is 0 Å². The van der Waals surface area contributed by atoms with Gasteiger partial charge in [-0.3, -0.25) is 0 Å². The van der Waals surface area contributed by atoms with E-state index >= 15 is 0 Å². The standard InChI is InChI=1S/C20H23N.CHF3O3S.Sb/c1-4-10-18(11-5-1)16-21(20-14-8-3-9-15-20)17-19-12-6-2-7-13-19;2-1(3,4)8(5,6)7;/h1-2,4-7,10,12,20H,3,8-9,14-17H2;(H,5,6,7);/q;;+2/p-1. The van der Waals surface area contributed by atoms with Gasteiger partial charge in [0.25, 0.3) is 0 Å². The molecule has 4 rings (SSSR count). The molecule has 1 aliphatic carbocycles. The van der Waals surface area contributed by atoms with E-state index in [2.05, 4.69) is 4.90 Å². The fourth-order valence-corrected chi connectivity index (χ4v) is 12.8. The van der Waals surface area contributed by atoms with Gasteiger partial charge in [0.15, 0.2) is 0 Å². The van der Waals surface area contributed by atoms with Crippen LogP contribution in [0.25, 0.3) is 0 Å². The van der Waals surface area contributed by atoms with Crippen molar-refractivity contribution in [3.05, 3.63) is 59.7 Å². The molecule has 0 unspecified atom stereocenters. The second kappa shape index (κ2) is 8.81. The first kappa shape index (κ1) is 22.1. The van der Waals surface area contributed by atoms with Crippen LogP contribution in [0.15, 0.2) is 48.5 Å². The molecule has 9 heteroatoms. The van der Waals surface area contributed by atoms with Crippen molar-refractivity contribution in [2.24, 2.45) is 0 Å². The van der Waals surface area contributed by atoms with Crippen LogP contribution in [0, 0.1) is 0 Å². The average Bonchev–Trinajstić information content (AvgIpc) is 2.71. The third kappa shape index (κ3) is 4.57. The molecular formula is C21H23F3NO3SSb+. The Morgan fingerprint density at radius 3 is 1.87 bits per heavy atom. The number of fused-ring (bicyclic) bond motifs is 2. The Morgan fingerprint density at radius 2 is 1.37 bits per heavy atom. The maximum absolute atomic E-state index is 13.1. The molecule has 1 radical (unpaired) electrons. The summed E-state index contributed by atoms with van der Waals surface area (Å²) < 4.78 is 69.6. The minimum absolute atomic E-state index is 0.420. The molecule has 1 aliphatic heterocycles. The Balaban J connectivity index is 1.80. The van der Waals surface area contributed by atoms with Crippen LogP contribution >= 0.6 is 0 Å². The van der Waals surface area contributed by atoms with E-state index in [1.54, 1.807) is 24.3 Å². The quantitative estimate of drug-likeness (QED) is 0.437. The number of benzene rings is 2. The fraction of sp³-hybridized carbons (Fsp3) is 0.429. The van der Waals surface area contributed by atoms with E-state index in [0.29, 0.717) is 26.2 Å². The normalized spacial score (nSPS) is 19.6. The molecule has 1 saturated carbocycles. The van der Waals surface area contributed by atoms with Gasteiger partial charge < -0.3 is 0 Å². The summed E-state index contributed by atoms with van der Waals surface area (Å²) in [4.78, 5) is 2.40. The number of rotatable bonds is 3. The van der Waals surface area contributed by atoms with Crippen molar-refractivity contribution >= 4 is 37.8 Å². The van der Waals surface area contributed by atoms with E-state index in [9.17, 15) is 21.6 Å². The monoisotopic (exact) mass is 547 g/mol. The summed E-state index contributed by atoms with van der Waals surface area (Å²) in [5.41, 5.74) is -3.69. The first-order valence-corrected chi connectivity index (χ1v) is 15.0. The molecule has 1 fully saturated rings. The molecule has 2 aromatic rings. The first-order chi connectivity index (χ1) is 14.3. The van der Waals surface area contributed by atoms with Crippen LogP contribution in [-0.2, 0) is 25.7 Å². The summed E-state index contributed by atoms with van der Waals surface area (Å²) in [6, 6.07) is 14.9. The molecule has 0 bridgehead atoms. The van der Waals surface area contributed by atoms with Crippen molar-refractivity contribution in [2.75, 3.05) is 0 Å². The summed E-state index contributed by atoms with van der Waals surface area (Å²) in [6.45, 7) is 1.18. The van der Waals surface area contributed by atoms with Crippen molar-refractivity contribution in [1.29, 1.82) is 0 Å². The third-order valence-corrected chi connectivity index (χ3v) is 14.6. The van der Waals surface area contributed by atoms with Crippen molar-refractivity contribution in [2.45, 2.75) is 56.7 Å². The van der Waals surface area contributed by atoms with Crippen molar-refractivity contribution in [3.63, 3.8) is 0 Å². The summed E-state index contributed by atoms with van der Waals surface area (Å²) in [5, 5.41) is 0. The SMILES string of the molecule is O=S(=O)([O][Sb+]1[c]2ccccc2CN(C2CCCCC2)Cc2cccc[c]21)C(F)(F)F. The Kier molecular flexibility index (Phi) is 6.50. The first-order valence-electron chi connectivity index (χ1n) is 9.97. The Labute approximate surface area is 182 Å². The van der Waals surface area contributed by atoms with Gasteiger partial charge in [-0.2, -0.15) is 0 Å². The Bertz CT molecular complexity index is 957. The molecule has 0 saturated heterocycles. The zero-order valence-corrected chi connectivity index (χ0v) is 19.7. The number of halogens is 3. The molecule has 30 heavy (non-hydrogen) atoms. The zero-order chi connectivity index (χ0) is 21.4. The molecule has 161 valence electrons. The van der Waals surface area contributed by atoms with E-state index in [1.807, 2.05) is 24.3 Å². The van der Waals surface area contributed by atoms with Crippen LogP contribution in [0.1, 0.15) is 43.2 Å². The van der Waals surface area contributed by atoms with Crippen LogP contribution < -0.4 is 7.02 Å². The summed E-state index contributed by atoms with van der Waals surface area (Å²) in [5.74, 6) is 0. The number of nitrogens with zero attached hydrogens (tertiary/aromatic N) is 1. The summed E-state index contributed by atoms with van der Waals surface area (Å²) >= 11 is -3.70. The molecule has 0 spiro atoms. The maximum atomic E-state index is 13.1. The second-order valence-electron chi connectivity index (χ2n) is 7.72. The number of alkyl halides is 3. The third-order valence-electron chi connectivity index (χ3n) is 5.71. The van der Waals surface area contributed by atoms with Crippen LogP contribution in [0.3, 0.4) is 0 Å². The van der Waals surface area contributed by atoms with Gasteiger partial charge in [0.05, 0.1) is 0 Å². The van der Waals surface area contributed by atoms with E-state index in [-0.39, 0.29) is 0 Å². The second-order valence-corrected chi connectivity index (χ2v) is 15.0. The molecule has 2 aromatic carbocycles. The molecule has 0 amide bonds. The van der Waals surface area contributed by atoms with Crippen LogP contribution in [0.2, 0.25) is 0 Å². The van der Waals surface area contributed by atoms with Gasteiger partial charge in [-0.25, -0.2) is 0 Å². The molecular weight excluding hydrogens is 525 g/mol. The van der Waals surface area contributed by atoms with Crippen LogP contribution in [-0.4, -0.2) is 45.5 Å². The van der Waals surface area contributed by atoms with Crippen molar-refractivity contribution in [1.82, 2.24) is 4.90 Å². The summed E-state index contributed by atoms with van der Waals surface area (Å²) in [6.07, 6.45) is 5.80. The van der Waals surface area contributed by atoms with Gasteiger partial charge in [0, 0.05) is 0 Å². The minimum atomic E-state index is -5.68. The van der Waals surface area contributed by atoms with Crippen LogP contribution in [0.5, 0.6) is 0 Å².